The molecule has 0 spiro atoms. The van der Waals surface area contributed by atoms with Crippen LogP contribution in [0, 0.1) is 0 Å². The molecule has 0 saturated carbocycles. The summed E-state index contributed by atoms with van der Waals surface area (Å²) < 4.78 is 6.89. The van der Waals surface area contributed by atoms with Gasteiger partial charge in [0, 0.05) is 16.5 Å². The molecule has 0 atom stereocenters. The minimum atomic E-state index is 0.919. The van der Waals surface area contributed by atoms with Crippen LogP contribution in [0.25, 0.3) is 98.0 Å². The number of para-hydroxylation sites is 1. The standard InChI is InChI=1S/C48H28O/c1-2-10-30-25-31(20-19-29(30)9-1)32-21-23-39-40-24-22-34(27-45(40)38-14-6-5-13-37(38)44(39)26-32)36-15-7-18-43-42-17-8-16-41-35-12-4-3-11-33(35)28-46(47(41)42)49-48(36)43/h1-28H. The fraction of sp³-hybridized carbons (Fsp3) is 0. The molecule has 0 N–H and O–H groups in total. The third kappa shape index (κ3) is 3.87. The quantitative estimate of drug-likeness (QED) is 0.175. The zero-order valence-corrected chi connectivity index (χ0v) is 26.6. The van der Waals surface area contributed by atoms with E-state index in [9.17, 15) is 0 Å². The molecule has 1 nitrogen and oxygen atoms in total. The lowest BCUT2D eigenvalue weighted by Gasteiger charge is -2.24. The van der Waals surface area contributed by atoms with Crippen molar-refractivity contribution in [2.75, 3.05) is 0 Å². The molecule has 1 heteroatoms. The smallest absolute Gasteiger partial charge is 0.143 e. The van der Waals surface area contributed by atoms with E-state index in [0.717, 1.165) is 28.2 Å². The zero-order chi connectivity index (χ0) is 32.1. The molecule has 0 aromatic heterocycles. The summed E-state index contributed by atoms with van der Waals surface area (Å²) in [5.74, 6) is 1.84. The Morgan fingerprint density at radius 2 is 0.837 bits per heavy atom. The average molecular weight is 621 g/mol. The molecule has 11 rings (SSSR count). The van der Waals surface area contributed by atoms with E-state index >= 15 is 0 Å². The molecule has 1 aliphatic rings. The third-order valence-electron chi connectivity index (χ3n) is 10.6. The number of hydrogen-bond acceptors (Lipinski definition) is 1. The van der Waals surface area contributed by atoms with E-state index in [1.165, 1.54) is 81.3 Å². The fourth-order valence-electron chi connectivity index (χ4n) is 8.30. The van der Waals surface area contributed by atoms with Crippen molar-refractivity contribution in [3.63, 3.8) is 0 Å². The molecular weight excluding hydrogens is 593 g/mol. The normalized spacial score (nSPS) is 12.2. The van der Waals surface area contributed by atoms with Crippen LogP contribution in [-0.2, 0) is 0 Å². The predicted octanol–water partition coefficient (Wildman–Crippen LogP) is 13.7. The van der Waals surface area contributed by atoms with Crippen molar-refractivity contribution in [1.82, 2.24) is 0 Å². The van der Waals surface area contributed by atoms with Gasteiger partial charge in [-0.2, -0.15) is 0 Å². The molecule has 0 aliphatic carbocycles. The lowest BCUT2D eigenvalue weighted by molar-refractivity contribution is 0.489. The minimum Gasteiger partial charge on any atom is -0.455 e. The zero-order valence-electron chi connectivity index (χ0n) is 26.6. The average Bonchev–Trinajstić information content (AvgIpc) is 3.17. The van der Waals surface area contributed by atoms with Crippen LogP contribution >= 0.6 is 0 Å². The van der Waals surface area contributed by atoms with Crippen LogP contribution in [0.15, 0.2) is 170 Å². The first-order valence-electron chi connectivity index (χ1n) is 16.9. The van der Waals surface area contributed by atoms with Crippen molar-refractivity contribution in [3.05, 3.63) is 170 Å². The number of rotatable bonds is 2. The molecule has 0 bridgehead atoms. The van der Waals surface area contributed by atoms with Crippen molar-refractivity contribution in [2.45, 2.75) is 0 Å². The Bertz CT molecular complexity index is 3000. The van der Waals surface area contributed by atoms with E-state index < -0.39 is 0 Å². The van der Waals surface area contributed by atoms with Gasteiger partial charge < -0.3 is 4.74 Å². The number of fused-ring (bicyclic) bond motifs is 11. The number of benzene rings is 10. The Labute approximate surface area is 283 Å². The lowest BCUT2D eigenvalue weighted by Crippen LogP contribution is -1.99. The van der Waals surface area contributed by atoms with Crippen molar-refractivity contribution in [3.8, 4) is 44.9 Å². The van der Waals surface area contributed by atoms with E-state index in [0.29, 0.717) is 0 Å². The molecule has 10 aromatic rings. The van der Waals surface area contributed by atoms with Gasteiger partial charge in [-0.05, 0) is 106 Å². The van der Waals surface area contributed by atoms with Gasteiger partial charge >= 0.3 is 0 Å². The molecule has 0 fully saturated rings. The largest absolute Gasteiger partial charge is 0.455 e. The van der Waals surface area contributed by atoms with Crippen molar-refractivity contribution in [1.29, 1.82) is 0 Å². The van der Waals surface area contributed by atoms with Crippen LogP contribution in [0.3, 0.4) is 0 Å². The highest BCUT2D eigenvalue weighted by Crippen LogP contribution is 2.52. The molecule has 1 heterocycles. The molecule has 0 radical (unpaired) electrons. The Morgan fingerprint density at radius 3 is 1.65 bits per heavy atom. The first-order chi connectivity index (χ1) is 24.3. The Morgan fingerprint density at radius 1 is 0.286 bits per heavy atom. The highest BCUT2D eigenvalue weighted by Gasteiger charge is 2.24. The van der Waals surface area contributed by atoms with Crippen LogP contribution in [0.1, 0.15) is 0 Å². The molecule has 10 aromatic carbocycles. The van der Waals surface area contributed by atoms with Gasteiger partial charge in [-0.3, -0.25) is 0 Å². The Kier molecular flexibility index (Phi) is 5.45. The molecule has 1 aliphatic heterocycles. The van der Waals surface area contributed by atoms with Gasteiger partial charge in [-0.15, -0.1) is 0 Å². The van der Waals surface area contributed by atoms with Gasteiger partial charge in [0.2, 0.25) is 0 Å². The van der Waals surface area contributed by atoms with E-state index in [4.69, 9.17) is 4.74 Å². The van der Waals surface area contributed by atoms with Gasteiger partial charge in [-0.1, -0.05) is 146 Å². The highest BCUT2D eigenvalue weighted by molar-refractivity contribution is 6.26. The second-order valence-corrected chi connectivity index (χ2v) is 13.2. The maximum absolute atomic E-state index is 6.89. The highest BCUT2D eigenvalue weighted by atomic mass is 16.5. The Balaban J connectivity index is 1.11. The molecule has 0 saturated heterocycles. The summed E-state index contributed by atoms with van der Waals surface area (Å²) in [6, 6.07) is 62.1. The van der Waals surface area contributed by atoms with Gasteiger partial charge in [-0.25, -0.2) is 0 Å². The predicted molar refractivity (Wildman–Crippen MR) is 208 cm³/mol. The van der Waals surface area contributed by atoms with Gasteiger partial charge in [0.25, 0.3) is 0 Å². The lowest BCUT2D eigenvalue weighted by atomic mass is 9.88. The molecule has 0 unspecified atom stereocenters. The molecular formula is C48H28O. The number of hydrogen-bond donors (Lipinski definition) is 0. The summed E-state index contributed by atoms with van der Waals surface area (Å²) in [7, 11) is 0. The van der Waals surface area contributed by atoms with Crippen molar-refractivity contribution in [2.24, 2.45) is 0 Å². The summed E-state index contributed by atoms with van der Waals surface area (Å²) in [5.41, 5.74) is 7.08. The Hall–Kier alpha value is -6.44. The maximum atomic E-state index is 6.89. The van der Waals surface area contributed by atoms with E-state index in [2.05, 4.69) is 170 Å². The van der Waals surface area contributed by atoms with Crippen LogP contribution in [0.2, 0.25) is 0 Å². The fourth-order valence-corrected chi connectivity index (χ4v) is 8.30. The van der Waals surface area contributed by atoms with E-state index in [-0.39, 0.29) is 0 Å². The van der Waals surface area contributed by atoms with Crippen LogP contribution < -0.4 is 4.74 Å². The summed E-state index contributed by atoms with van der Waals surface area (Å²) in [4.78, 5) is 0. The second-order valence-electron chi connectivity index (χ2n) is 13.2. The van der Waals surface area contributed by atoms with Gasteiger partial charge in [0.05, 0.1) is 0 Å². The third-order valence-corrected chi connectivity index (χ3v) is 10.6. The van der Waals surface area contributed by atoms with Crippen LogP contribution in [0.4, 0.5) is 0 Å². The molecule has 49 heavy (non-hydrogen) atoms. The number of ether oxygens (including phenoxy) is 1. The van der Waals surface area contributed by atoms with Crippen LogP contribution in [-0.4, -0.2) is 0 Å². The monoisotopic (exact) mass is 620 g/mol. The van der Waals surface area contributed by atoms with Crippen LogP contribution in [0.5, 0.6) is 11.5 Å². The summed E-state index contributed by atoms with van der Waals surface area (Å²) in [5, 5.41) is 15.0. The molecule has 226 valence electrons. The van der Waals surface area contributed by atoms with E-state index in [1.807, 2.05) is 0 Å². The van der Waals surface area contributed by atoms with Crippen molar-refractivity contribution >= 4 is 64.6 Å². The molecule has 0 amide bonds. The summed E-state index contributed by atoms with van der Waals surface area (Å²) in [6.45, 7) is 0. The maximum Gasteiger partial charge on any atom is 0.143 e. The summed E-state index contributed by atoms with van der Waals surface area (Å²) >= 11 is 0. The minimum absolute atomic E-state index is 0.919. The van der Waals surface area contributed by atoms with Gasteiger partial charge in [0.15, 0.2) is 0 Å². The first-order valence-corrected chi connectivity index (χ1v) is 16.9. The van der Waals surface area contributed by atoms with Crippen molar-refractivity contribution < 1.29 is 4.74 Å². The van der Waals surface area contributed by atoms with Gasteiger partial charge in [0.1, 0.15) is 11.5 Å². The van der Waals surface area contributed by atoms with E-state index in [1.54, 1.807) is 0 Å². The first kappa shape index (κ1) is 26.6. The summed E-state index contributed by atoms with van der Waals surface area (Å²) in [6.07, 6.45) is 0. The SMILES string of the molecule is c1cc(-c2ccc3c4ccc(-c5ccc6ccccc6c5)cc4c4ccccc4c3c2)c2c(c1)-c1cccc3c1c(cc1ccccc13)O2. The topological polar surface area (TPSA) is 9.23 Å². The second kappa shape index (κ2) is 10.0.